The number of methoxy groups -OCH3 is 1. The van der Waals surface area contributed by atoms with Crippen LogP contribution in [0.3, 0.4) is 0 Å². The molecule has 2 aliphatic rings. The molecule has 0 saturated heterocycles. The van der Waals surface area contributed by atoms with E-state index < -0.39 is 28.7 Å². The third kappa shape index (κ3) is 2.04. The summed E-state index contributed by atoms with van der Waals surface area (Å²) in [5, 5.41) is 1.81. The Morgan fingerprint density at radius 2 is 1.70 bits per heavy atom. The lowest BCUT2D eigenvalue weighted by Gasteiger charge is -2.22. The smallest absolute Gasteiger partial charge is 0.330 e. The molecule has 1 aliphatic carbocycles. The van der Waals surface area contributed by atoms with Gasteiger partial charge >= 0.3 is 11.9 Å². The van der Waals surface area contributed by atoms with Crippen molar-refractivity contribution in [3.8, 4) is 5.75 Å². The zero-order valence-corrected chi connectivity index (χ0v) is 16.9. The number of fused-ring (bicyclic) bond motifs is 5. The lowest BCUT2D eigenvalue weighted by molar-refractivity contribution is -0.160. The van der Waals surface area contributed by atoms with Crippen LogP contribution in [0.5, 0.6) is 5.75 Å². The minimum atomic E-state index is -1.69. The summed E-state index contributed by atoms with van der Waals surface area (Å²) in [6.07, 6.45) is 0. The average molecular weight is 400 g/mol. The fourth-order valence-electron chi connectivity index (χ4n) is 5.19. The van der Waals surface area contributed by atoms with Gasteiger partial charge in [0.05, 0.1) is 12.5 Å². The molecule has 1 heterocycles. The highest BCUT2D eigenvalue weighted by Crippen LogP contribution is 2.79. The molecule has 0 N–H and O–H groups in total. The zero-order valence-electron chi connectivity index (χ0n) is 16.9. The molecule has 0 radical (unpaired) electrons. The fraction of sp³-hybridized carbons (Fsp3) is 0.240. The number of hydrogen-bond donors (Lipinski definition) is 0. The molecule has 5 heteroatoms. The van der Waals surface area contributed by atoms with E-state index in [1.54, 1.807) is 25.1 Å². The van der Waals surface area contributed by atoms with Crippen molar-refractivity contribution in [3.05, 3.63) is 77.4 Å². The number of Topliss-reactive ketones (excluding diaryl/α,β-unsaturated/α-hetero) is 1. The van der Waals surface area contributed by atoms with E-state index >= 15 is 0 Å². The third-order valence-corrected chi connectivity index (χ3v) is 6.78. The first kappa shape index (κ1) is 18.6. The van der Waals surface area contributed by atoms with E-state index in [1.807, 2.05) is 49.4 Å². The van der Waals surface area contributed by atoms with Crippen molar-refractivity contribution < 1.29 is 23.9 Å². The molecule has 1 aliphatic heterocycles. The SMILES string of the molecule is COC(=O)[C@]12C(=O)Oc3ccc4ccccc4c3[C@H]1[C@@]2(C)C(=O)c1ccc(C)cc1. The van der Waals surface area contributed by atoms with Crippen LogP contribution in [-0.4, -0.2) is 24.8 Å². The van der Waals surface area contributed by atoms with Crippen LogP contribution in [0, 0.1) is 17.8 Å². The van der Waals surface area contributed by atoms with Gasteiger partial charge < -0.3 is 9.47 Å². The van der Waals surface area contributed by atoms with Crippen LogP contribution >= 0.6 is 0 Å². The topological polar surface area (TPSA) is 69.7 Å². The van der Waals surface area contributed by atoms with Gasteiger partial charge in [-0.25, -0.2) is 0 Å². The maximum atomic E-state index is 13.7. The second-order valence-electron chi connectivity index (χ2n) is 8.22. The molecule has 1 fully saturated rings. The average Bonchev–Trinajstić information content (AvgIpc) is 3.35. The van der Waals surface area contributed by atoms with Gasteiger partial charge in [-0.3, -0.25) is 14.4 Å². The Balaban J connectivity index is 1.78. The van der Waals surface area contributed by atoms with E-state index in [0.29, 0.717) is 16.9 Å². The van der Waals surface area contributed by atoms with Gasteiger partial charge in [0.2, 0.25) is 0 Å². The van der Waals surface area contributed by atoms with Gasteiger partial charge in [-0.15, -0.1) is 0 Å². The maximum Gasteiger partial charge on any atom is 0.330 e. The van der Waals surface area contributed by atoms with Crippen LogP contribution in [0.1, 0.15) is 34.3 Å². The largest absolute Gasteiger partial charge is 0.468 e. The van der Waals surface area contributed by atoms with Gasteiger partial charge in [-0.2, -0.15) is 0 Å². The first-order valence-corrected chi connectivity index (χ1v) is 9.81. The minimum Gasteiger partial charge on any atom is -0.468 e. The third-order valence-electron chi connectivity index (χ3n) is 6.78. The Morgan fingerprint density at radius 1 is 1.00 bits per heavy atom. The van der Waals surface area contributed by atoms with Crippen LogP contribution in [-0.2, 0) is 14.3 Å². The Bertz CT molecular complexity index is 1240. The molecule has 0 aromatic heterocycles. The standard InChI is InChI=1S/C25H20O5/c1-14-8-10-16(11-9-14)21(26)24(2)20-19-17-7-5-4-6-15(17)12-13-18(19)30-23(28)25(20,24)22(27)29-3/h4-13,20H,1-3H3/t20-,24-,25-/m0/s1. The molecule has 0 unspecified atom stereocenters. The summed E-state index contributed by atoms with van der Waals surface area (Å²) < 4.78 is 10.7. The van der Waals surface area contributed by atoms with Crippen LogP contribution in [0.2, 0.25) is 0 Å². The molecule has 3 atom stereocenters. The molecule has 5 nitrogen and oxygen atoms in total. The van der Waals surface area contributed by atoms with Crippen LogP contribution in [0.4, 0.5) is 0 Å². The van der Waals surface area contributed by atoms with Gasteiger partial charge in [-0.1, -0.05) is 60.2 Å². The number of aryl methyl sites for hydroxylation is 1. The van der Waals surface area contributed by atoms with E-state index in [-0.39, 0.29) is 5.78 Å². The van der Waals surface area contributed by atoms with Crippen molar-refractivity contribution >= 4 is 28.5 Å². The molecular weight excluding hydrogens is 380 g/mol. The molecule has 0 amide bonds. The van der Waals surface area contributed by atoms with Gasteiger partial charge in [0.15, 0.2) is 11.2 Å². The van der Waals surface area contributed by atoms with Crippen LogP contribution in [0.25, 0.3) is 10.8 Å². The molecule has 0 bridgehead atoms. The molecule has 3 aromatic carbocycles. The lowest BCUT2D eigenvalue weighted by atomic mass is 9.86. The molecule has 1 saturated carbocycles. The maximum absolute atomic E-state index is 13.7. The first-order chi connectivity index (χ1) is 14.4. The summed E-state index contributed by atoms with van der Waals surface area (Å²) in [4.78, 5) is 39.9. The molecule has 150 valence electrons. The number of carbonyl (C=O) groups is 3. The highest BCUT2D eigenvalue weighted by Gasteiger charge is 2.89. The van der Waals surface area contributed by atoms with Crippen molar-refractivity contribution in [1.82, 2.24) is 0 Å². The lowest BCUT2D eigenvalue weighted by Crippen LogP contribution is -2.39. The predicted molar refractivity (Wildman–Crippen MR) is 110 cm³/mol. The normalized spacial score (nSPS) is 26.4. The van der Waals surface area contributed by atoms with Crippen molar-refractivity contribution in [2.45, 2.75) is 19.8 Å². The molecular formula is C25H20O5. The number of ketones is 1. The number of carbonyl (C=O) groups excluding carboxylic acids is 3. The predicted octanol–water partition coefficient (Wildman–Crippen LogP) is 4.21. The monoisotopic (exact) mass is 400 g/mol. The second kappa shape index (κ2) is 6.02. The molecule has 30 heavy (non-hydrogen) atoms. The Labute approximate surface area is 173 Å². The second-order valence-corrected chi connectivity index (χ2v) is 8.22. The highest BCUT2D eigenvalue weighted by molar-refractivity contribution is 6.21. The summed E-state index contributed by atoms with van der Waals surface area (Å²) in [5.74, 6) is -2.00. The van der Waals surface area contributed by atoms with Crippen molar-refractivity contribution in [2.75, 3.05) is 7.11 Å². The molecule has 3 aromatic rings. The van der Waals surface area contributed by atoms with Crippen molar-refractivity contribution in [2.24, 2.45) is 10.8 Å². The highest BCUT2D eigenvalue weighted by atomic mass is 16.6. The Kier molecular flexibility index (Phi) is 3.72. The number of ether oxygens (including phenoxy) is 2. The van der Waals surface area contributed by atoms with Crippen molar-refractivity contribution in [1.29, 1.82) is 0 Å². The summed E-state index contributed by atoms with van der Waals surface area (Å²) in [6, 6.07) is 18.4. The van der Waals surface area contributed by atoms with Crippen molar-refractivity contribution in [3.63, 3.8) is 0 Å². The summed E-state index contributed by atoms with van der Waals surface area (Å²) in [7, 11) is 1.23. The minimum absolute atomic E-state index is 0.268. The van der Waals surface area contributed by atoms with Gasteiger partial charge in [0, 0.05) is 17.0 Å². The van der Waals surface area contributed by atoms with Gasteiger partial charge in [0.1, 0.15) is 5.75 Å². The Hall–Kier alpha value is -3.47. The van der Waals surface area contributed by atoms with Crippen LogP contribution in [0.15, 0.2) is 60.7 Å². The summed E-state index contributed by atoms with van der Waals surface area (Å²) >= 11 is 0. The molecule has 0 spiro atoms. The van der Waals surface area contributed by atoms with E-state index in [1.165, 1.54) is 7.11 Å². The quantitative estimate of drug-likeness (QED) is 0.285. The number of esters is 2. The summed E-state index contributed by atoms with van der Waals surface area (Å²) in [5.41, 5.74) is -0.817. The van der Waals surface area contributed by atoms with Gasteiger partial charge in [0.25, 0.3) is 0 Å². The number of hydrogen-bond acceptors (Lipinski definition) is 5. The fourth-order valence-corrected chi connectivity index (χ4v) is 5.19. The van der Waals surface area contributed by atoms with Gasteiger partial charge in [-0.05, 0) is 30.7 Å². The van der Waals surface area contributed by atoms with E-state index in [4.69, 9.17) is 9.47 Å². The Morgan fingerprint density at radius 3 is 2.40 bits per heavy atom. The summed E-state index contributed by atoms with van der Waals surface area (Å²) in [6.45, 7) is 3.61. The van der Waals surface area contributed by atoms with E-state index in [0.717, 1.165) is 16.3 Å². The number of benzene rings is 3. The zero-order chi connectivity index (χ0) is 21.3. The first-order valence-electron chi connectivity index (χ1n) is 9.81. The van der Waals surface area contributed by atoms with E-state index in [9.17, 15) is 14.4 Å². The number of rotatable bonds is 3. The van der Waals surface area contributed by atoms with Crippen LogP contribution < -0.4 is 4.74 Å². The van der Waals surface area contributed by atoms with E-state index in [2.05, 4.69) is 0 Å². The molecule has 5 rings (SSSR count).